The van der Waals surface area contributed by atoms with Crippen molar-refractivity contribution < 1.29 is 13.9 Å². The van der Waals surface area contributed by atoms with Gasteiger partial charge in [-0.1, -0.05) is 12.1 Å². The number of hydrogen-bond acceptors (Lipinski definition) is 2. The number of carbonyl (C=O) groups is 1. The van der Waals surface area contributed by atoms with Gasteiger partial charge in [0.1, 0.15) is 24.5 Å². The quantitative estimate of drug-likeness (QED) is 0.763. The van der Waals surface area contributed by atoms with Gasteiger partial charge < -0.3 is 4.74 Å². The fourth-order valence-corrected chi connectivity index (χ4v) is 2.47. The number of hydrogen-bond donors (Lipinski definition) is 0. The van der Waals surface area contributed by atoms with Crippen molar-refractivity contribution in [2.24, 2.45) is 0 Å². The van der Waals surface area contributed by atoms with E-state index in [9.17, 15) is 9.18 Å². The van der Waals surface area contributed by atoms with Crippen molar-refractivity contribution >= 4 is 22.2 Å². The van der Waals surface area contributed by atoms with Crippen LogP contribution >= 0.6 is 15.9 Å². The van der Waals surface area contributed by atoms with Crippen molar-refractivity contribution in [2.75, 3.05) is 0 Å². The largest absolute Gasteiger partial charge is 0.488 e. The predicted molar refractivity (Wildman–Crippen MR) is 79.7 cm³/mol. The number of aryl methyl sites for hydroxylation is 2. The minimum absolute atomic E-state index is 0.264. The lowest BCUT2D eigenvalue weighted by Crippen LogP contribution is -2.01. The van der Waals surface area contributed by atoms with Crippen LogP contribution in [-0.2, 0) is 6.61 Å². The lowest BCUT2D eigenvalue weighted by Gasteiger charge is -2.13. The molecule has 0 N–H and O–H groups in total. The Labute approximate surface area is 125 Å². The van der Waals surface area contributed by atoms with E-state index in [1.807, 2.05) is 13.8 Å². The van der Waals surface area contributed by atoms with Crippen molar-refractivity contribution in [1.82, 2.24) is 0 Å². The monoisotopic (exact) mass is 336 g/mol. The van der Waals surface area contributed by atoms with Gasteiger partial charge >= 0.3 is 0 Å². The minimum Gasteiger partial charge on any atom is -0.488 e. The molecular weight excluding hydrogens is 323 g/mol. The molecule has 0 unspecified atom stereocenters. The highest BCUT2D eigenvalue weighted by Crippen LogP contribution is 2.27. The number of halogens is 2. The fourth-order valence-electron chi connectivity index (χ4n) is 2.09. The van der Waals surface area contributed by atoms with Crippen LogP contribution in [0, 0.1) is 19.7 Å². The molecular formula is C16H14BrFO2. The second kappa shape index (κ2) is 6.18. The molecule has 0 heterocycles. The molecule has 104 valence electrons. The van der Waals surface area contributed by atoms with E-state index in [4.69, 9.17) is 4.74 Å². The Morgan fingerprint density at radius 3 is 2.50 bits per heavy atom. The Hall–Kier alpha value is -1.68. The van der Waals surface area contributed by atoms with Crippen LogP contribution in [0.2, 0.25) is 0 Å². The number of rotatable bonds is 4. The lowest BCUT2D eigenvalue weighted by molar-refractivity contribution is 0.112. The lowest BCUT2D eigenvalue weighted by atomic mass is 10.1. The Kier molecular flexibility index (Phi) is 4.55. The number of ether oxygens (including phenoxy) is 1. The van der Waals surface area contributed by atoms with Gasteiger partial charge in [0.2, 0.25) is 0 Å². The first kappa shape index (κ1) is 14.7. The summed E-state index contributed by atoms with van der Waals surface area (Å²) in [6.45, 7) is 4.03. The van der Waals surface area contributed by atoms with E-state index in [0.717, 1.165) is 28.7 Å². The van der Waals surface area contributed by atoms with Crippen LogP contribution < -0.4 is 4.74 Å². The summed E-state index contributed by atoms with van der Waals surface area (Å²) in [5.41, 5.74) is 3.14. The van der Waals surface area contributed by atoms with Gasteiger partial charge in [-0.2, -0.15) is 0 Å². The summed E-state index contributed by atoms with van der Waals surface area (Å²) in [5, 5.41) is 0. The normalized spacial score (nSPS) is 10.4. The van der Waals surface area contributed by atoms with Crippen LogP contribution in [0.4, 0.5) is 4.39 Å². The van der Waals surface area contributed by atoms with Gasteiger partial charge in [-0.15, -0.1) is 0 Å². The molecule has 0 spiro atoms. The zero-order valence-corrected chi connectivity index (χ0v) is 12.8. The van der Waals surface area contributed by atoms with E-state index in [2.05, 4.69) is 15.9 Å². The van der Waals surface area contributed by atoms with Crippen molar-refractivity contribution in [3.8, 4) is 5.75 Å². The summed E-state index contributed by atoms with van der Waals surface area (Å²) in [6.07, 6.45) is 0.812. The molecule has 0 amide bonds. The predicted octanol–water partition coefficient (Wildman–Crippen LogP) is 4.60. The fraction of sp³-hybridized carbons (Fsp3) is 0.188. The maximum absolute atomic E-state index is 13.4. The third-order valence-electron chi connectivity index (χ3n) is 3.02. The third-order valence-corrected chi connectivity index (χ3v) is 3.91. The highest BCUT2D eigenvalue weighted by atomic mass is 79.9. The molecule has 0 aliphatic rings. The van der Waals surface area contributed by atoms with Gasteiger partial charge in [0, 0.05) is 11.1 Å². The van der Waals surface area contributed by atoms with Gasteiger partial charge in [0.25, 0.3) is 0 Å². The first-order chi connectivity index (χ1) is 9.52. The van der Waals surface area contributed by atoms with E-state index >= 15 is 0 Å². The van der Waals surface area contributed by atoms with Crippen molar-refractivity contribution in [3.05, 3.63) is 62.9 Å². The van der Waals surface area contributed by atoms with Crippen molar-refractivity contribution in [2.45, 2.75) is 20.5 Å². The number of benzene rings is 2. The molecule has 20 heavy (non-hydrogen) atoms. The van der Waals surface area contributed by atoms with Crippen LogP contribution in [-0.4, -0.2) is 6.29 Å². The van der Waals surface area contributed by atoms with Crippen molar-refractivity contribution in [3.63, 3.8) is 0 Å². The first-order valence-electron chi connectivity index (χ1n) is 6.15. The smallest absolute Gasteiger partial charge is 0.150 e. The molecule has 0 aromatic heterocycles. The van der Waals surface area contributed by atoms with E-state index in [1.54, 1.807) is 24.3 Å². The molecule has 2 aromatic carbocycles. The van der Waals surface area contributed by atoms with Gasteiger partial charge in [0.05, 0.1) is 4.47 Å². The molecule has 0 radical (unpaired) electrons. The van der Waals surface area contributed by atoms with Gasteiger partial charge in [0.15, 0.2) is 0 Å². The summed E-state index contributed by atoms with van der Waals surface area (Å²) in [4.78, 5) is 10.8. The Morgan fingerprint density at radius 1 is 1.25 bits per heavy atom. The molecule has 0 aliphatic heterocycles. The summed E-state index contributed by atoms with van der Waals surface area (Å²) in [5.74, 6) is 0.419. The summed E-state index contributed by atoms with van der Waals surface area (Å²) >= 11 is 3.21. The third kappa shape index (κ3) is 3.07. The van der Waals surface area contributed by atoms with Gasteiger partial charge in [-0.05, 0) is 59.1 Å². The Morgan fingerprint density at radius 2 is 1.90 bits per heavy atom. The second-order valence-corrected chi connectivity index (χ2v) is 5.40. The van der Waals surface area contributed by atoms with Crippen molar-refractivity contribution in [1.29, 1.82) is 0 Å². The molecule has 0 bridgehead atoms. The van der Waals surface area contributed by atoms with Crippen LogP contribution in [0.3, 0.4) is 0 Å². The summed E-state index contributed by atoms with van der Waals surface area (Å²) in [6, 6.07) is 8.39. The second-order valence-electron chi connectivity index (χ2n) is 4.60. The summed E-state index contributed by atoms with van der Waals surface area (Å²) in [7, 11) is 0. The van der Waals surface area contributed by atoms with Crippen LogP contribution in [0.1, 0.15) is 27.0 Å². The van der Waals surface area contributed by atoms with E-state index in [1.165, 1.54) is 6.07 Å². The van der Waals surface area contributed by atoms with E-state index < -0.39 is 0 Å². The molecule has 0 aliphatic carbocycles. The average molecular weight is 337 g/mol. The highest BCUT2D eigenvalue weighted by molar-refractivity contribution is 9.10. The molecule has 2 rings (SSSR count). The zero-order chi connectivity index (χ0) is 14.7. The summed E-state index contributed by atoms with van der Waals surface area (Å²) < 4.78 is 19.6. The van der Waals surface area contributed by atoms with E-state index in [0.29, 0.717) is 10.0 Å². The van der Waals surface area contributed by atoms with E-state index in [-0.39, 0.29) is 12.4 Å². The topological polar surface area (TPSA) is 26.3 Å². The first-order valence-corrected chi connectivity index (χ1v) is 6.94. The number of aldehydes is 1. The molecule has 4 heteroatoms. The Balaban J connectivity index is 2.23. The van der Waals surface area contributed by atoms with Gasteiger partial charge in [-0.3, -0.25) is 4.79 Å². The molecule has 2 aromatic rings. The van der Waals surface area contributed by atoms with Gasteiger partial charge in [-0.25, -0.2) is 4.39 Å². The zero-order valence-electron chi connectivity index (χ0n) is 11.2. The van der Waals surface area contributed by atoms with Crippen LogP contribution in [0.5, 0.6) is 5.75 Å². The Bertz CT molecular complexity index is 630. The average Bonchev–Trinajstić information content (AvgIpc) is 2.42. The van der Waals surface area contributed by atoms with Crippen LogP contribution in [0.15, 0.2) is 34.8 Å². The molecule has 0 fully saturated rings. The molecule has 2 nitrogen and oxygen atoms in total. The maximum Gasteiger partial charge on any atom is 0.150 e. The highest BCUT2D eigenvalue weighted by Gasteiger charge is 2.09. The maximum atomic E-state index is 13.4. The molecule has 0 saturated heterocycles. The molecule has 0 saturated carbocycles. The molecule has 0 atom stereocenters. The standard InChI is InChI=1S/C16H14BrFO2/c1-10-6-12(8-19)7-11(2)16(10)20-9-13-4-3-5-14(18)15(13)17/h3-8H,9H2,1-2H3. The minimum atomic E-state index is -0.309. The number of carbonyl (C=O) groups excluding carboxylic acids is 1. The SMILES string of the molecule is Cc1cc(C=O)cc(C)c1OCc1cccc(F)c1Br. The van der Waals surface area contributed by atoms with Crippen LogP contribution in [0.25, 0.3) is 0 Å².